The smallest absolute Gasteiger partial charge is 0.351 e. The third-order valence-corrected chi connectivity index (χ3v) is 3.45. The van der Waals surface area contributed by atoms with Crippen molar-refractivity contribution in [3.8, 4) is 0 Å². The molecule has 2 atom stereocenters. The molecule has 1 unspecified atom stereocenters. The van der Waals surface area contributed by atoms with Gasteiger partial charge in [-0.3, -0.25) is 4.57 Å². The van der Waals surface area contributed by atoms with Crippen LogP contribution in [0, 0.1) is 0 Å². The van der Waals surface area contributed by atoms with Crippen molar-refractivity contribution in [3.63, 3.8) is 0 Å². The molecule has 17 heavy (non-hydrogen) atoms. The highest BCUT2D eigenvalue weighted by atomic mass is 32.2. The zero-order valence-electron chi connectivity index (χ0n) is 9.54. The minimum absolute atomic E-state index is 0.0237. The zero-order valence-corrected chi connectivity index (χ0v) is 10.4. The van der Waals surface area contributed by atoms with Crippen LogP contribution in [0.4, 0.5) is 5.82 Å². The van der Waals surface area contributed by atoms with Gasteiger partial charge in [-0.2, -0.15) is 4.98 Å². The van der Waals surface area contributed by atoms with Crippen LogP contribution in [-0.4, -0.2) is 34.0 Å². The molecule has 1 aromatic rings. The fourth-order valence-electron chi connectivity index (χ4n) is 1.54. The molecule has 1 aliphatic heterocycles. The Morgan fingerprint density at radius 3 is 3.29 bits per heavy atom. The lowest BCUT2D eigenvalue weighted by atomic mass is 10.5. The Hall–Kier alpha value is -1.05. The van der Waals surface area contributed by atoms with Crippen LogP contribution in [0.2, 0.25) is 0 Å². The second-order valence-electron chi connectivity index (χ2n) is 3.56. The summed E-state index contributed by atoms with van der Waals surface area (Å²) in [5.74, 6) is 0.936. The Balaban J connectivity index is 2.02. The Morgan fingerprint density at radius 2 is 2.59 bits per heavy atom. The number of rotatable bonds is 4. The lowest BCUT2D eigenvalue weighted by Gasteiger charge is -2.14. The molecule has 7 heteroatoms. The van der Waals surface area contributed by atoms with E-state index in [9.17, 15) is 4.79 Å². The van der Waals surface area contributed by atoms with Crippen molar-refractivity contribution >= 4 is 17.6 Å². The molecule has 0 aromatic carbocycles. The van der Waals surface area contributed by atoms with Crippen molar-refractivity contribution < 1.29 is 9.47 Å². The van der Waals surface area contributed by atoms with Gasteiger partial charge < -0.3 is 15.2 Å². The maximum Gasteiger partial charge on any atom is 0.351 e. The van der Waals surface area contributed by atoms with Gasteiger partial charge in [0.1, 0.15) is 17.5 Å². The van der Waals surface area contributed by atoms with E-state index in [1.807, 2.05) is 6.92 Å². The topological polar surface area (TPSA) is 79.4 Å². The first-order valence-electron chi connectivity index (χ1n) is 5.40. The van der Waals surface area contributed by atoms with E-state index in [1.54, 1.807) is 24.0 Å². The van der Waals surface area contributed by atoms with Gasteiger partial charge in [0, 0.05) is 18.6 Å². The second kappa shape index (κ2) is 5.52. The van der Waals surface area contributed by atoms with Crippen molar-refractivity contribution in [2.24, 2.45) is 0 Å². The first-order chi connectivity index (χ1) is 8.20. The number of ether oxygens (including phenoxy) is 2. The molecule has 6 nitrogen and oxygen atoms in total. The first-order valence-corrected chi connectivity index (χ1v) is 6.45. The van der Waals surface area contributed by atoms with E-state index in [4.69, 9.17) is 15.2 Å². The average Bonchev–Trinajstić information content (AvgIpc) is 2.75. The summed E-state index contributed by atoms with van der Waals surface area (Å²) in [6.45, 7) is 3.13. The van der Waals surface area contributed by atoms with Crippen LogP contribution < -0.4 is 11.4 Å². The maximum atomic E-state index is 11.6. The van der Waals surface area contributed by atoms with E-state index >= 15 is 0 Å². The molecule has 0 spiro atoms. The van der Waals surface area contributed by atoms with E-state index in [2.05, 4.69) is 4.98 Å². The van der Waals surface area contributed by atoms with Crippen molar-refractivity contribution in [2.75, 3.05) is 24.7 Å². The van der Waals surface area contributed by atoms with Gasteiger partial charge in [0.25, 0.3) is 0 Å². The van der Waals surface area contributed by atoms with E-state index in [0.29, 0.717) is 19.0 Å². The number of nitrogen functional groups attached to an aromatic ring is 1. The molecule has 2 rings (SSSR count). The Bertz CT molecular complexity index is 437. The summed E-state index contributed by atoms with van der Waals surface area (Å²) in [7, 11) is 0. The number of thioether (sulfide) groups is 1. The molecule has 2 heterocycles. The van der Waals surface area contributed by atoms with Crippen LogP contribution in [0.25, 0.3) is 0 Å². The van der Waals surface area contributed by atoms with Crippen molar-refractivity contribution in [2.45, 2.75) is 18.6 Å². The van der Waals surface area contributed by atoms with E-state index in [-0.39, 0.29) is 23.2 Å². The molecule has 0 saturated carbocycles. The number of nitrogens with zero attached hydrogens (tertiary/aromatic N) is 2. The van der Waals surface area contributed by atoms with Crippen LogP contribution >= 0.6 is 11.8 Å². The standard InChI is InChI=1S/C10H15N3O3S/c1-2-15-5-9-16-8(6-17-9)13-4-3-7(11)12-10(13)14/h3-4,8-9H,2,5-6H2,1H3,(H2,11,12,14)/t8?,9-/m1/s1. The van der Waals surface area contributed by atoms with Crippen LogP contribution in [0.15, 0.2) is 17.1 Å². The highest BCUT2D eigenvalue weighted by Crippen LogP contribution is 2.30. The van der Waals surface area contributed by atoms with Crippen LogP contribution in [0.1, 0.15) is 13.2 Å². The largest absolute Gasteiger partial charge is 0.383 e. The predicted molar refractivity (Wildman–Crippen MR) is 65.8 cm³/mol. The fourth-order valence-corrected chi connectivity index (χ4v) is 2.55. The lowest BCUT2D eigenvalue weighted by molar-refractivity contribution is -0.0226. The van der Waals surface area contributed by atoms with Gasteiger partial charge in [-0.25, -0.2) is 4.79 Å². The van der Waals surface area contributed by atoms with Gasteiger partial charge in [0.15, 0.2) is 0 Å². The Labute approximate surface area is 103 Å². The first kappa shape index (κ1) is 12.4. The number of nitrogens with two attached hydrogens (primary N) is 1. The molecule has 0 aliphatic carbocycles. The Morgan fingerprint density at radius 1 is 1.76 bits per heavy atom. The summed E-state index contributed by atoms with van der Waals surface area (Å²) in [4.78, 5) is 15.3. The molecule has 1 aromatic heterocycles. The molecule has 94 valence electrons. The second-order valence-corrected chi connectivity index (χ2v) is 4.75. The van der Waals surface area contributed by atoms with E-state index in [0.717, 1.165) is 0 Å². The van der Waals surface area contributed by atoms with Crippen molar-refractivity contribution in [3.05, 3.63) is 22.7 Å². The van der Waals surface area contributed by atoms with Gasteiger partial charge >= 0.3 is 5.69 Å². The van der Waals surface area contributed by atoms with Gasteiger partial charge in [0.2, 0.25) is 0 Å². The van der Waals surface area contributed by atoms with Gasteiger partial charge in [-0.1, -0.05) is 0 Å². The summed E-state index contributed by atoms with van der Waals surface area (Å²) < 4.78 is 12.4. The van der Waals surface area contributed by atoms with Crippen LogP contribution in [-0.2, 0) is 9.47 Å². The normalized spacial score (nSPS) is 24.1. The Kier molecular flexibility index (Phi) is 4.03. The maximum absolute atomic E-state index is 11.6. The average molecular weight is 257 g/mol. The number of hydrogen-bond donors (Lipinski definition) is 1. The quantitative estimate of drug-likeness (QED) is 0.843. The monoisotopic (exact) mass is 257 g/mol. The van der Waals surface area contributed by atoms with E-state index in [1.165, 1.54) is 4.57 Å². The summed E-state index contributed by atoms with van der Waals surface area (Å²) in [5.41, 5.74) is 5.02. The molecular formula is C10H15N3O3S. The molecule has 2 N–H and O–H groups in total. The molecular weight excluding hydrogens is 242 g/mol. The summed E-state index contributed by atoms with van der Waals surface area (Å²) in [5, 5.41) is 0. The molecule has 0 amide bonds. The summed E-state index contributed by atoms with van der Waals surface area (Å²) in [6.07, 6.45) is 1.32. The molecule has 0 radical (unpaired) electrons. The number of hydrogen-bond acceptors (Lipinski definition) is 6. The summed E-state index contributed by atoms with van der Waals surface area (Å²) >= 11 is 1.63. The molecule has 1 fully saturated rings. The number of anilines is 1. The zero-order chi connectivity index (χ0) is 12.3. The minimum Gasteiger partial charge on any atom is -0.383 e. The van der Waals surface area contributed by atoms with Crippen LogP contribution in [0.5, 0.6) is 0 Å². The summed E-state index contributed by atoms with van der Waals surface area (Å²) in [6, 6.07) is 1.59. The highest BCUT2D eigenvalue weighted by Gasteiger charge is 2.27. The van der Waals surface area contributed by atoms with Crippen molar-refractivity contribution in [1.82, 2.24) is 9.55 Å². The van der Waals surface area contributed by atoms with Crippen molar-refractivity contribution in [1.29, 1.82) is 0 Å². The molecule has 0 bridgehead atoms. The highest BCUT2D eigenvalue weighted by molar-refractivity contribution is 8.00. The van der Waals surface area contributed by atoms with Crippen LogP contribution in [0.3, 0.4) is 0 Å². The number of aromatic nitrogens is 2. The minimum atomic E-state index is -0.382. The third kappa shape index (κ3) is 2.99. The SMILES string of the molecule is CCOC[C@@H]1OC(n2ccc(N)nc2=O)CS1. The van der Waals surface area contributed by atoms with Gasteiger partial charge in [-0.05, 0) is 13.0 Å². The fraction of sp³-hybridized carbons (Fsp3) is 0.600. The predicted octanol–water partition coefficient (Wildman–Crippen LogP) is 0.450. The molecule has 1 saturated heterocycles. The van der Waals surface area contributed by atoms with E-state index < -0.39 is 0 Å². The molecule has 1 aliphatic rings. The third-order valence-electron chi connectivity index (χ3n) is 2.35. The van der Waals surface area contributed by atoms with Gasteiger partial charge in [0.05, 0.1) is 6.61 Å². The lowest BCUT2D eigenvalue weighted by Crippen LogP contribution is -2.28. The van der Waals surface area contributed by atoms with Gasteiger partial charge in [-0.15, -0.1) is 11.8 Å².